The van der Waals surface area contributed by atoms with Crippen molar-refractivity contribution < 1.29 is 17.9 Å². The van der Waals surface area contributed by atoms with Crippen LogP contribution in [0, 0.1) is 0 Å². The topological polar surface area (TPSA) is 55.8 Å². The smallest absolute Gasteiger partial charge is 0.170 e. The molecule has 0 aromatic carbocycles. The molecule has 0 saturated carbocycles. The molecule has 0 aromatic heterocycles. The maximum Gasteiger partial charge on any atom is 0.170 e. The van der Waals surface area contributed by atoms with Crippen LogP contribution in [-0.4, -0.2) is 64.0 Å². The second-order valence-corrected chi connectivity index (χ2v) is 7.19. The van der Waals surface area contributed by atoms with Crippen LogP contribution >= 0.6 is 0 Å². The Kier molecular flexibility index (Phi) is 4.07. The summed E-state index contributed by atoms with van der Waals surface area (Å²) in [4.78, 5) is 2.29. The SMILES string of the molecule is CS(=O)(=O)CCCN1CCC2(CC1)OCCO2. The Labute approximate surface area is 103 Å². The molecule has 0 bridgehead atoms. The van der Waals surface area contributed by atoms with E-state index in [2.05, 4.69) is 4.90 Å². The Morgan fingerprint density at radius 2 is 1.76 bits per heavy atom. The van der Waals surface area contributed by atoms with E-state index in [0.717, 1.165) is 32.5 Å². The van der Waals surface area contributed by atoms with Gasteiger partial charge in [0.1, 0.15) is 9.84 Å². The summed E-state index contributed by atoms with van der Waals surface area (Å²) in [6, 6.07) is 0. The molecule has 0 amide bonds. The molecule has 6 heteroatoms. The maximum atomic E-state index is 11.0. The van der Waals surface area contributed by atoms with Crippen molar-refractivity contribution in [3.05, 3.63) is 0 Å². The molecular formula is C11H21NO4S. The van der Waals surface area contributed by atoms with Crippen LogP contribution in [0.1, 0.15) is 19.3 Å². The van der Waals surface area contributed by atoms with Crippen molar-refractivity contribution in [1.82, 2.24) is 4.90 Å². The highest BCUT2D eigenvalue weighted by Crippen LogP contribution is 2.31. The average molecular weight is 263 g/mol. The fraction of sp³-hybridized carbons (Fsp3) is 1.00. The predicted molar refractivity (Wildman–Crippen MR) is 64.6 cm³/mol. The third kappa shape index (κ3) is 3.91. The van der Waals surface area contributed by atoms with Gasteiger partial charge in [0.25, 0.3) is 0 Å². The maximum absolute atomic E-state index is 11.0. The summed E-state index contributed by atoms with van der Waals surface area (Å²) < 4.78 is 33.3. The highest BCUT2D eigenvalue weighted by atomic mass is 32.2. The van der Waals surface area contributed by atoms with Crippen LogP contribution < -0.4 is 0 Å². The van der Waals surface area contributed by atoms with Crippen molar-refractivity contribution in [1.29, 1.82) is 0 Å². The molecule has 2 rings (SSSR count). The van der Waals surface area contributed by atoms with Crippen LogP contribution in [0.5, 0.6) is 0 Å². The van der Waals surface area contributed by atoms with Gasteiger partial charge in [-0.1, -0.05) is 0 Å². The zero-order valence-corrected chi connectivity index (χ0v) is 11.2. The molecule has 2 saturated heterocycles. The van der Waals surface area contributed by atoms with Crippen LogP contribution in [0.3, 0.4) is 0 Å². The lowest BCUT2D eigenvalue weighted by molar-refractivity contribution is -0.185. The van der Waals surface area contributed by atoms with E-state index in [4.69, 9.17) is 9.47 Å². The van der Waals surface area contributed by atoms with E-state index >= 15 is 0 Å². The highest BCUT2D eigenvalue weighted by molar-refractivity contribution is 7.90. The zero-order chi connectivity index (χ0) is 12.4. The summed E-state index contributed by atoms with van der Waals surface area (Å²) in [5.74, 6) is -0.0467. The molecule has 17 heavy (non-hydrogen) atoms. The lowest BCUT2D eigenvalue weighted by Crippen LogP contribution is -2.45. The highest BCUT2D eigenvalue weighted by Gasteiger charge is 2.39. The number of hydrogen-bond acceptors (Lipinski definition) is 5. The first-order valence-corrected chi connectivity index (χ1v) is 8.23. The molecule has 5 nitrogen and oxygen atoms in total. The Hall–Kier alpha value is -0.170. The van der Waals surface area contributed by atoms with Crippen LogP contribution in [0.2, 0.25) is 0 Å². The van der Waals surface area contributed by atoms with E-state index in [1.54, 1.807) is 0 Å². The molecule has 0 aliphatic carbocycles. The van der Waals surface area contributed by atoms with Gasteiger partial charge in [-0.2, -0.15) is 0 Å². The fourth-order valence-corrected chi connectivity index (χ4v) is 3.11. The van der Waals surface area contributed by atoms with Gasteiger partial charge in [-0.25, -0.2) is 8.42 Å². The van der Waals surface area contributed by atoms with Gasteiger partial charge in [-0.05, 0) is 13.0 Å². The number of hydrogen-bond donors (Lipinski definition) is 0. The quantitative estimate of drug-likeness (QED) is 0.728. The van der Waals surface area contributed by atoms with E-state index in [1.807, 2.05) is 0 Å². The predicted octanol–water partition coefficient (Wildman–Crippen LogP) is 0.260. The summed E-state index contributed by atoms with van der Waals surface area (Å²) >= 11 is 0. The minimum absolute atomic E-state index is 0.279. The lowest BCUT2D eigenvalue weighted by atomic mass is 10.0. The Balaban J connectivity index is 1.69. The minimum Gasteiger partial charge on any atom is -0.347 e. The monoisotopic (exact) mass is 263 g/mol. The normalized spacial score (nSPS) is 25.5. The standard InChI is InChI=1S/C11H21NO4S/c1-17(13,14)10-2-5-12-6-3-11(4-7-12)15-8-9-16-11/h2-10H2,1H3. The van der Waals surface area contributed by atoms with E-state index in [1.165, 1.54) is 6.26 Å². The van der Waals surface area contributed by atoms with Gasteiger partial charge in [0, 0.05) is 32.2 Å². The van der Waals surface area contributed by atoms with Crippen LogP contribution in [-0.2, 0) is 19.3 Å². The molecule has 2 aliphatic rings. The summed E-state index contributed by atoms with van der Waals surface area (Å²) in [5, 5.41) is 0. The second kappa shape index (κ2) is 5.22. The van der Waals surface area contributed by atoms with Gasteiger partial charge in [0.15, 0.2) is 5.79 Å². The van der Waals surface area contributed by atoms with Crippen molar-refractivity contribution in [3.63, 3.8) is 0 Å². The molecule has 1 spiro atoms. The molecule has 0 unspecified atom stereocenters. The lowest BCUT2D eigenvalue weighted by Gasteiger charge is -2.37. The summed E-state index contributed by atoms with van der Waals surface area (Å²) in [6.45, 7) is 4.12. The number of sulfone groups is 1. The van der Waals surface area contributed by atoms with Crippen LogP contribution in [0.4, 0.5) is 0 Å². The van der Waals surface area contributed by atoms with Gasteiger partial charge >= 0.3 is 0 Å². The van der Waals surface area contributed by atoms with E-state index in [0.29, 0.717) is 19.6 Å². The number of nitrogens with zero attached hydrogens (tertiary/aromatic N) is 1. The summed E-state index contributed by atoms with van der Waals surface area (Å²) in [7, 11) is -2.82. The van der Waals surface area contributed by atoms with Gasteiger partial charge in [0.05, 0.1) is 19.0 Å². The Bertz CT molecular complexity index is 338. The van der Waals surface area contributed by atoms with Crippen molar-refractivity contribution in [3.8, 4) is 0 Å². The van der Waals surface area contributed by atoms with Crippen LogP contribution in [0.15, 0.2) is 0 Å². The number of rotatable bonds is 4. The number of piperidine rings is 1. The molecule has 2 fully saturated rings. The van der Waals surface area contributed by atoms with E-state index < -0.39 is 9.84 Å². The van der Waals surface area contributed by atoms with Gasteiger partial charge in [-0.3, -0.25) is 0 Å². The minimum atomic E-state index is -2.82. The van der Waals surface area contributed by atoms with Crippen LogP contribution in [0.25, 0.3) is 0 Å². The molecular weight excluding hydrogens is 242 g/mol. The largest absolute Gasteiger partial charge is 0.347 e. The molecule has 0 N–H and O–H groups in total. The summed E-state index contributed by atoms with van der Waals surface area (Å²) in [6.07, 6.45) is 3.80. The zero-order valence-electron chi connectivity index (χ0n) is 10.4. The first-order valence-electron chi connectivity index (χ1n) is 6.17. The third-order valence-electron chi connectivity index (χ3n) is 3.42. The fourth-order valence-electron chi connectivity index (χ4n) is 2.45. The van der Waals surface area contributed by atoms with Gasteiger partial charge in [0.2, 0.25) is 0 Å². The van der Waals surface area contributed by atoms with Crippen molar-refractivity contribution in [2.75, 3.05) is 44.9 Å². The molecule has 0 radical (unpaired) electrons. The molecule has 2 heterocycles. The van der Waals surface area contributed by atoms with Crippen molar-refractivity contribution in [2.45, 2.75) is 25.0 Å². The first kappa shape index (κ1) is 13.3. The average Bonchev–Trinajstić information content (AvgIpc) is 2.68. The van der Waals surface area contributed by atoms with Gasteiger partial charge in [-0.15, -0.1) is 0 Å². The molecule has 0 aromatic rings. The molecule has 100 valence electrons. The Morgan fingerprint density at radius 3 is 2.29 bits per heavy atom. The first-order chi connectivity index (χ1) is 7.99. The Morgan fingerprint density at radius 1 is 1.18 bits per heavy atom. The van der Waals surface area contributed by atoms with Crippen molar-refractivity contribution >= 4 is 9.84 Å². The molecule has 0 atom stereocenters. The summed E-state index contributed by atoms with van der Waals surface area (Å²) in [5.41, 5.74) is 0. The van der Waals surface area contributed by atoms with Crippen molar-refractivity contribution in [2.24, 2.45) is 0 Å². The van der Waals surface area contributed by atoms with E-state index in [-0.39, 0.29) is 11.5 Å². The third-order valence-corrected chi connectivity index (χ3v) is 4.45. The van der Waals surface area contributed by atoms with E-state index in [9.17, 15) is 8.42 Å². The van der Waals surface area contributed by atoms with Gasteiger partial charge < -0.3 is 14.4 Å². The number of likely N-dealkylation sites (tertiary alicyclic amines) is 1. The number of ether oxygens (including phenoxy) is 2. The second-order valence-electron chi connectivity index (χ2n) is 4.93. The molecule has 2 aliphatic heterocycles.